The first-order valence-electron chi connectivity index (χ1n) is 11.2. The van der Waals surface area contributed by atoms with Gasteiger partial charge in [0, 0.05) is 26.1 Å². The molecule has 0 bridgehead atoms. The largest absolute Gasteiger partial charge is 0.379 e. The van der Waals surface area contributed by atoms with Crippen molar-refractivity contribution in [2.75, 3.05) is 32.8 Å². The van der Waals surface area contributed by atoms with Gasteiger partial charge in [-0.3, -0.25) is 9.69 Å². The summed E-state index contributed by atoms with van der Waals surface area (Å²) >= 11 is 5.92. The third-order valence-electron chi connectivity index (χ3n) is 6.47. The van der Waals surface area contributed by atoms with Gasteiger partial charge in [-0.25, -0.2) is 4.98 Å². The van der Waals surface area contributed by atoms with E-state index in [-0.39, 0.29) is 5.78 Å². The standard InChI is InChI=1S/C25H32ClN3O2/c1-25(2)8-5-19(6-9-25)21-15-18(7-10-29-11-13-31-14-12-29)3-4-20(21)16-22(30)24-27-17-23(26)28-24/h3-5,15,17H,6-14,16H2,1-2H3,(H,27,28). The Hall–Kier alpha value is -1.95. The van der Waals surface area contributed by atoms with Crippen molar-refractivity contribution in [2.24, 2.45) is 5.41 Å². The van der Waals surface area contributed by atoms with E-state index in [4.69, 9.17) is 16.3 Å². The second-order valence-corrected chi connectivity index (χ2v) is 9.88. The predicted octanol–water partition coefficient (Wildman–Crippen LogP) is 4.96. The van der Waals surface area contributed by atoms with E-state index >= 15 is 0 Å². The van der Waals surface area contributed by atoms with Gasteiger partial charge >= 0.3 is 0 Å². The summed E-state index contributed by atoms with van der Waals surface area (Å²) < 4.78 is 5.46. The lowest BCUT2D eigenvalue weighted by Gasteiger charge is -2.30. The van der Waals surface area contributed by atoms with Crippen LogP contribution in [0.15, 0.2) is 30.5 Å². The number of H-pyrrole nitrogens is 1. The number of allylic oxidation sites excluding steroid dienone is 2. The van der Waals surface area contributed by atoms with Gasteiger partial charge in [0.05, 0.1) is 19.4 Å². The van der Waals surface area contributed by atoms with Crippen molar-refractivity contribution >= 4 is 23.0 Å². The number of aromatic nitrogens is 2. The van der Waals surface area contributed by atoms with Crippen molar-refractivity contribution in [2.45, 2.75) is 46.0 Å². The highest BCUT2D eigenvalue weighted by Gasteiger charge is 2.24. The van der Waals surface area contributed by atoms with Crippen LogP contribution >= 0.6 is 11.6 Å². The molecule has 1 aliphatic carbocycles. The van der Waals surface area contributed by atoms with Crippen molar-refractivity contribution in [1.29, 1.82) is 0 Å². The molecular formula is C25H32ClN3O2. The van der Waals surface area contributed by atoms with Gasteiger partial charge in [-0.1, -0.05) is 49.7 Å². The number of nitrogens with one attached hydrogen (secondary N) is 1. The number of carbonyl (C=O) groups is 1. The molecule has 2 aromatic rings. The fourth-order valence-electron chi connectivity index (χ4n) is 4.36. The molecule has 0 spiro atoms. The summed E-state index contributed by atoms with van der Waals surface area (Å²) in [5.41, 5.74) is 5.33. The predicted molar refractivity (Wildman–Crippen MR) is 125 cm³/mol. The van der Waals surface area contributed by atoms with Gasteiger partial charge < -0.3 is 9.72 Å². The molecule has 2 aliphatic rings. The summed E-state index contributed by atoms with van der Waals surface area (Å²) in [6.07, 6.45) is 8.48. The van der Waals surface area contributed by atoms with Gasteiger partial charge in [0.1, 0.15) is 5.15 Å². The van der Waals surface area contributed by atoms with Crippen LogP contribution in [0.3, 0.4) is 0 Å². The Kier molecular flexibility index (Phi) is 6.95. The number of imidazole rings is 1. The summed E-state index contributed by atoms with van der Waals surface area (Å²) in [7, 11) is 0. The number of halogens is 1. The van der Waals surface area contributed by atoms with Crippen LogP contribution in [0, 0.1) is 5.41 Å². The smallest absolute Gasteiger partial charge is 0.202 e. The van der Waals surface area contributed by atoms with Crippen LogP contribution in [0.4, 0.5) is 0 Å². The van der Waals surface area contributed by atoms with E-state index < -0.39 is 0 Å². The van der Waals surface area contributed by atoms with E-state index in [0.29, 0.717) is 22.8 Å². The quantitative estimate of drug-likeness (QED) is 0.617. The van der Waals surface area contributed by atoms with Crippen LogP contribution in [0.1, 0.15) is 60.4 Å². The number of nitrogens with zero attached hydrogens (tertiary/aromatic N) is 2. The minimum Gasteiger partial charge on any atom is -0.379 e. The zero-order valence-electron chi connectivity index (χ0n) is 18.5. The van der Waals surface area contributed by atoms with Gasteiger partial charge in [-0.2, -0.15) is 0 Å². The van der Waals surface area contributed by atoms with E-state index in [1.54, 1.807) is 0 Å². The summed E-state index contributed by atoms with van der Waals surface area (Å²) in [6.45, 7) is 9.35. The van der Waals surface area contributed by atoms with E-state index in [9.17, 15) is 4.79 Å². The molecule has 4 rings (SSSR count). The van der Waals surface area contributed by atoms with Gasteiger partial charge in [0.25, 0.3) is 0 Å². The Balaban J connectivity index is 1.55. The first-order valence-corrected chi connectivity index (χ1v) is 11.6. The maximum Gasteiger partial charge on any atom is 0.202 e. The van der Waals surface area contributed by atoms with Crippen LogP contribution < -0.4 is 0 Å². The number of morpholine rings is 1. The topological polar surface area (TPSA) is 58.2 Å². The lowest BCUT2D eigenvalue weighted by Crippen LogP contribution is -2.37. The Morgan fingerprint density at radius 3 is 2.77 bits per heavy atom. The van der Waals surface area contributed by atoms with Crippen molar-refractivity contribution in [3.8, 4) is 0 Å². The first-order chi connectivity index (χ1) is 14.9. The van der Waals surface area contributed by atoms with Crippen LogP contribution in [0.25, 0.3) is 5.57 Å². The second-order valence-electron chi connectivity index (χ2n) is 9.47. The SMILES string of the molecule is CC1(C)CC=C(c2cc(CCN3CCOCC3)ccc2CC(=O)c2ncc(Cl)[nH]2)CC1. The number of ketones is 1. The van der Waals surface area contributed by atoms with E-state index in [1.165, 1.54) is 22.9 Å². The molecule has 1 aliphatic heterocycles. The molecule has 0 atom stereocenters. The van der Waals surface area contributed by atoms with Crippen LogP contribution in [-0.2, 0) is 17.6 Å². The van der Waals surface area contributed by atoms with Crippen molar-refractivity contribution in [3.05, 3.63) is 58.1 Å². The fourth-order valence-corrected chi connectivity index (χ4v) is 4.50. The molecule has 1 aromatic carbocycles. The van der Waals surface area contributed by atoms with Gasteiger partial charge in [0.15, 0.2) is 5.82 Å². The minimum absolute atomic E-state index is 0.0362. The monoisotopic (exact) mass is 441 g/mol. The maximum absolute atomic E-state index is 12.8. The number of ether oxygens (including phenoxy) is 1. The number of Topliss-reactive ketones (excluding diaryl/α,β-unsaturated/α-hetero) is 1. The van der Waals surface area contributed by atoms with Crippen molar-refractivity contribution in [3.63, 3.8) is 0 Å². The lowest BCUT2D eigenvalue weighted by molar-refractivity contribution is 0.0384. The Morgan fingerprint density at radius 1 is 1.29 bits per heavy atom. The lowest BCUT2D eigenvalue weighted by atomic mass is 9.76. The molecule has 1 aromatic heterocycles. The Morgan fingerprint density at radius 2 is 2.10 bits per heavy atom. The fraction of sp³-hybridized carbons (Fsp3) is 0.520. The van der Waals surface area contributed by atoms with Crippen LogP contribution in [0.5, 0.6) is 0 Å². The number of hydrogen-bond acceptors (Lipinski definition) is 4. The zero-order valence-corrected chi connectivity index (χ0v) is 19.3. The van der Waals surface area contributed by atoms with E-state index in [2.05, 4.69) is 53.0 Å². The van der Waals surface area contributed by atoms with Gasteiger partial charge in [-0.15, -0.1) is 0 Å². The highest BCUT2D eigenvalue weighted by Crippen LogP contribution is 2.39. The number of rotatable bonds is 7. The molecule has 1 N–H and O–H groups in total. The van der Waals surface area contributed by atoms with E-state index in [0.717, 1.165) is 64.1 Å². The average molecular weight is 442 g/mol. The van der Waals surface area contributed by atoms with E-state index in [1.807, 2.05) is 0 Å². The normalized spacial score (nSPS) is 19.3. The molecule has 2 heterocycles. The molecule has 1 fully saturated rings. The first kappa shape index (κ1) is 22.3. The van der Waals surface area contributed by atoms with Crippen molar-refractivity contribution in [1.82, 2.24) is 14.9 Å². The molecule has 0 saturated carbocycles. The third kappa shape index (κ3) is 5.85. The van der Waals surface area contributed by atoms with Crippen LogP contribution in [-0.4, -0.2) is 53.5 Å². The third-order valence-corrected chi connectivity index (χ3v) is 6.66. The summed E-state index contributed by atoms with van der Waals surface area (Å²) in [5, 5.41) is 0.388. The summed E-state index contributed by atoms with van der Waals surface area (Å²) in [4.78, 5) is 22.2. The van der Waals surface area contributed by atoms with Crippen LogP contribution in [0.2, 0.25) is 5.15 Å². The summed E-state index contributed by atoms with van der Waals surface area (Å²) in [5.74, 6) is 0.289. The second kappa shape index (κ2) is 9.68. The highest BCUT2D eigenvalue weighted by molar-refractivity contribution is 6.29. The molecule has 31 heavy (non-hydrogen) atoms. The molecule has 1 saturated heterocycles. The summed E-state index contributed by atoms with van der Waals surface area (Å²) in [6, 6.07) is 6.62. The maximum atomic E-state index is 12.8. The minimum atomic E-state index is -0.0362. The Bertz CT molecular complexity index is 957. The number of aromatic amines is 1. The Labute approximate surface area is 189 Å². The number of hydrogen-bond donors (Lipinski definition) is 1. The molecule has 0 unspecified atom stereocenters. The number of carbonyl (C=O) groups excluding carboxylic acids is 1. The van der Waals surface area contributed by atoms with Gasteiger partial charge in [-0.05, 0) is 53.4 Å². The number of benzene rings is 1. The highest BCUT2D eigenvalue weighted by atomic mass is 35.5. The molecule has 6 heteroatoms. The average Bonchev–Trinajstić information content (AvgIpc) is 3.20. The van der Waals surface area contributed by atoms with Gasteiger partial charge in [0.2, 0.25) is 5.78 Å². The molecule has 0 radical (unpaired) electrons. The zero-order chi connectivity index (χ0) is 21.8. The molecule has 0 amide bonds. The van der Waals surface area contributed by atoms with Crippen molar-refractivity contribution < 1.29 is 9.53 Å². The molecule has 166 valence electrons. The molecular weight excluding hydrogens is 410 g/mol. The molecule has 5 nitrogen and oxygen atoms in total.